The number of H-pyrrole nitrogens is 1. The van der Waals surface area contributed by atoms with Crippen LogP contribution in [0.1, 0.15) is 50.6 Å². The zero-order chi connectivity index (χ0) is 20.8. The highest BCUT2D eigenvalue weighted by molar-refractivity contribution is 6.00. The van der Waals surface area contributed by atoms with Crippen LogP contribution in [0.4, 0.5) is 0 Å². The first-order valence-electron chi connectivity index (χ1n) is 9.24. The maximum Gasteiger partial charge on any atom is 0.340 e. The Balaban J connectivity index is 2.15. The molecule has 2 aromatic rings. The number of rotatable bonds is 8. The molecule has 7 heteroatoms. The van der Waals surface area contributed by atoms with Crippen LogP contribution in [0.25, 0.3) is 0 Å². The maximum absolute atomic E-state index is 12.7. The van der Waals surface area contributed by atoms with E-state index in [4.69, 9.17) is 9.47 Å². The van der Waals surface area contributed by atoms with Crippen LogP contribution >= 0.6 is 0 Å². The Morgan fingerprint density at radius 2 is 1.82 bits per heavy atom. The summed E-state index contributed by atoms with van der Waals surface area (Å²) < 4.78 is 10.3. The fourth-order valence-corrected chi connectivity index (χ4v) is 3.19. The number of carbonyl (C=O) groups is 2. The predicted octanol–water partition coefficient (Wildman–Crippen LogP) is 2.85. The number of benzene rings is 1. The molecule has 1 atom stereocenters. The van der Waals surface area contributed by atoms with Crippen molar-refractivity contribution in [1.29, 1.82) is 0 Å². The Labute approximate surface area is 166 Å². The Kier molecular flexibility index (Phi) is 7.23. The normalized spacial score (nSPS) is 12.0. The Hall–Kier alpha value is -2.80. The van der Waals surface area contributed by atoms with Gasteiger partial charge in [-0.15, -0.1) is 0 Å². The smallest absolute Gasteiger partial charge is 0.340 e. The van der Waals surface area contributed by atoms with E-state index >= 15 is 0 Å². The van der Waals surface area contributed by atoms with Gasteiger partial charge in [0, 0.05) is 12.2 Å². The lowest BCUT2D eigenvalue weighted by atomic mass is 10.1. The number of aromatic nitrogens is 1. The number of amides is 1. The average molecular weight is 387 g/mol. The Morgan fingerprint density at radius 1 is 1.18 bits per heavy atom. The summed E-state index contributed by atoms with van der Waals surface area (Å²) in [5.41, 5.74) is 3.09. The first kappa shape index (κ1) is 21.5. The highest BCUT2D eigenvalue weighted by Gasteiger charge is 2.24. The number of aromatic amines is 1. The molecule has 28 heavy (non-hydrogen) atoms. The third kappa shape index (κ3) is 4.72. The van der Waals surface area contributed by atoms with E-state index < -0.39 is 5.97 Å². The highest BCUT2D eigenvalue weighted by Crippen LogP contribution is 2.22. The molecule has 1 amide bonds. The quantitative estimate of drug-likeness (QED) is 0.681. The minimum absolute atomic E-state index is 0.00394. The number of hydrogen-bond acceptors (Lipinski definition) is 5. The van der Waals surface area contributed by atoms with Crippen molar-refractivity contribution < 1.29 is 19.1 Å². The molecule has 0 fully saturated rings. The summed E-state index contributed by atoms with van der Waals surface area (Å²) in [5, 5.41) is 2.96. The van der Waals surface area contributed by atoms with Crippen molar-refractivity contribution in [3.05, 3.63) is 52.3 Å². The molecule has 1 heterocycles. The molecule has 0 saturated heterocycles. The molecule has 7 nitrogen and oxygen atoms in total. The van der Waals surface area contributed by atoms with Gasteiger partial charge in [-0.2, -0.15) is 0 Å². The van der Waals surface area contributed by atoms with Gasteiger partial charge in [-0.05, 0) is 58.1 Å². The van der Waals surface area contributed by atoms with Gasteiger partial charge < -0.3 is 24.7 Å². The molecule has 2 N–H and O–H groups in total. The molecule has 0 aliphatic heterocycles. The molecule has 0 radical (unpaired) electrons. The summed E-state index contributed by atoms with van der Waals surface area (Å²) in [5.74, 6) is 0.114. The number of likely N-dealkylation sites (N-methyl/N-ethyl adjacent to an activating group) is 1. The number of nitrogens with zero attached hydrogens (tertiary/aromatic N) is 1. The lowest BCUT2D eigenvalue weighted by Crippen LogP contribution is -2.35. The average Bonchev–Trinajstić information content (AvgIpc) is 2.96. The SMILES string of the molecule is CCOC(=O)c1c(C)[nH]c(C(=O)NC[C@@H](c2ccc(OC)cc2)N(C)C)c1C. The third-order valence-corrected chi connectivity index (χ3v) is 4.72. The number of hydrogen-bond donors (Lipinski definition) is 2. The molecule has 1 aromatic carbocycles. The molecule has 2 rings (SSSR count). The van der Waals surface area contributed by atoms with Gasteiger partial charge in [0.1, 0.15) is 11.4 Å². The van der Waals surface area contributed by atoms with Crippen LogP contribution in [-0.2, 0) is 4.74 Å². The van der Waals surface area contributed by atoms with E-state index in [0.29, 0.717) is 29.1 Å². The third-order valence-electron chi connectivity index (χ3n) is 4.72. The first-order valence-corrected chi connectivity index (χ1v) is 9.24. The number of nitrogens with one attached hydrogen (secondary N) is 2. The van der Waals surface area contributed by atoms with Crippen molar-refractivity contribution in [1.82, 2.24) is 15.2 Å². The molecule has 0 spiro atoms. The van der Waals surface area contributed by atoms with Crippen molar-refractivity contribution in [2.24, 2.45) is 0 Å². The lowest BCUT2D eigenvalue weighted by Gasteiger charge is -2.25. The van der Waals surface area contributed by atoms with Gasteiger partial charge in [0.15, 0.2) is 0 Å². The van der Waals surface area contributed by atoms with Crippen LogP contribution in [0.2, 0.25) is 0 Å². The standard InChI is InChI=1S/C21H29N3O4/c1-7-28-21(26)18-13(2)19(23-14(18)3)20(25)22-12-17(24(4)5)15-8-10-16(27-6)11-9-15/h8-11,17,23H,7,12H2,1-6H3,(H,22,25)/t17-/m0/s1. The van der Waals surface area contributed by atoms with Crippen molar-refractivity contribution in [3.8, 4) is 5.75 Å². The van der Waals surface area contributed by atoms with Gasteiger partial charge in [0.25, 0.3) is 5.91 Å². The van der Waals surface area contributed by atoms with Crippen LogP contribution in [-0.4, -0.2) is 56.1 Å². The largest absolute Gasteiger partial charge is 0.497 e. The number of carbonyl (C=O) groups excluding carboxylic acids is 2. The summed E-state index contributed by atoms with van der Waals surface area (Å²) in [7, 11) is 5.55. The van der Waals surface area contributed by atoms with E-state index in [9.17, 15) is 9.59 Å². The molecule has 0 saturated carbocycles. The molecule has 0 bridgehead atoms. The fourth-order valence-electron chi connectivity index (χ4n) is 3.19. The second-order valence-corrected chi connectivity index (χ2v) is 6.81. The minimum atomic E-state index is -0.419. The van der Waals surface area contributed by atoms with Gasteiger partial charge in [-0.3, -0.25) is 4.79 Å². The van der Waals surface area contributed by atoms with E-state index in [0.717, 1.165) is 11.3 Å². The summed E-state index contributed by atoms with van der Waals surface area (Å²) in [4.78, 5) is 29.9. The van der Waals surface area contributed by atoms with Crippen molar-refractivity contribution in [2.45, 2.75) is 26.8 Å². The van der Waals surface area contributed by atoms with Crippen LogP contribution < -0.4 is 10.1 Å². The number of esters is 1. The van der Waals surface area contributed by atoms with Gasteiger partial charge in [-0.25, -0.2) is 4.79 Å². The molecule has 1 aromatic heterocycles. The van der Waals surface area contributed by atoms with E-state index in [1.807, 2.05) is 43.3 Å². The highest BCUT2D eigenvalue weighted by atomic mass is 16.5. The van der Waals surface area contributed by atoms with Crippen LogP contribution in [0.15, 0.2) is 24.3 Å². The molecule has 0 aliphatic carbocycles. The van der Waals surface area contributed by atoms with Gasteiger partial charge in [-0.1, -0.05) is 12.1 Å². The topological polar surface area (TPSA) is 83.7 Å². The van der Waals surface area contributed by atoms with E-state index in [-0.39, 0.29) is 18.6 Å². The summed E-state index contributed by atoms with van der Waals surface area (Å²) in [6.07, 6.45) is 0. The summed E-state index contributed by atoms with van der Waals surface area (Å²) in [6, 6.07) is 7.77. The number of ether oxygens (including phenoxy) is 2. The van der Waals surface area contributed by atoms with Gasteiger partial charge in [0.05, 0.1) is 25.3 Å². The molecule has 152 valence electrons. The molecular formula is C21H29N3O4. The van der Waals surface area contributed by atoms with Crippen LogP contribution in [0, 0.1) is 13.8 Å². The van der Waals surface area contributed by atoms with Crippen LogP contribution in [0.5, 0.6) is 5.75 Å². The van der Waals surface area contributed by atoms with Crippen LogP contribution in [0.3, 0.4) is 0 Å². The van der Waals surface area contributed by atoms with E-state index in [1.165, 1.54) is 0 Å². The Morgan fingerprint density at radius 3 is 2.36 bits per heavy atom. The van der Waals surface area contributed by atoms with Gasteiger partial charge in [0.2, 0.25) is 0 Å². The van der Waals surface area contributed by atoms with Gasteiger partial charge >= 0.3 is 5.97 Å². The zero-order valence-electron chi connectivity index (χ0n) is 17.4. The number of aryl methyl sites for hydroxylation is 1. The first-order chi connectivity index (χ1) is 13.3. The molecule has 0 unspecified atom stereocenters. The second-order valence-electron chi connectivity index (χ2n) is 6.81. The second kappa shape index (κ2) is 9.41. The summed E-state index contributed by atoms with van der Waals surface area (Å²) in [6.45, 7) is 5.97. The van der Waals surface area contributed by atoms with Crippen molar-refractivity contribution in [3.63, 3.8) is 0 Å². The minimum Gasteiger partial charge on any atom is -0.497 e. The van der Waals surface area contributed by atoms with Crippen molar-refractivity contribution >= 4 is 11.9 Å². The fraction of sp³-hybridized carbons (Fsp3) is 0.429. The lowest BCUT2D eigenvalue weighted by molar-refractivity contribution is 0.0525. The summed E-state index contributed by atoms with van der Waals surface area (Å²) >= 11 is 0. The number of methoxy groups -OCH3 is 1. The van der Waals surface area contributed by atoms with Crippen molar-refractivity contribution in [2.75, 3.05) is 34.4 Å². The monoisotopic (exact) mass is 387 g/mol. The zero-order valence-corrected chi connectivity index (χ0v) is 17.4. The Bertz CT molecular complexity index is 825. The van der Waals surface area contributed by atoms with E-state index in [2.05, 4.69) is 10.3 Å². The molecule has 0 aliphatic rings. The van der Waals surface area contributed by atoms with E-state index in [1.54, 1.807) is 27.9 Å². The predicted molar refractivity (Wildman–Crippen MR) is 108 cm³/mol. The molecular weight excluding hydrogens is 358 g/mol. The maximum atomic E-state index is 12.7.